The van der Waals surface area contributed by atoms with Gasteiger partial charge < -0.3 is 10.0 Å². The molecule has 18 heavy (non-hydrogen) atoms. The van der Waals surface area contributed by atoms with Crippen molar-refractivity contribution in [3.05, 3.63) is 17.0 Å². The number of carboxylic acids is 1. The second-order valence-corrected chi connectivity index (χ2v) is 5.23. The van der Waals surface area contributed by atoms with Crippen molar-refractivity contribution in [2.24, 2.45) is 0 Å². The number of carboxylic acid groups (broad SMARTS) is 1. The van der Waals surface area contributed by atoms with Crippen LogP contribution in [0.5, 0.6) is 0 Å². The fraction of sp³-hybridized carbons (Fsp3) is 0.583. The molecule has 0 spiro atoms. The molecule has 96 valence electrons. The normalized spacial score (nSPS) is 23.4. The Morgan fingerprint density at radius 3 is 2.83 bits per heavy atom. The molecule has 1 aliphatic heterocycles. The van der Waals surface area contributed by atoms with Gasteiger partial charge in [0.1, 0.15) is 11.9 Å². The van der Waals surface area contributed by atoms with Crippen molar-refractivity contribution >= 4 is 23.4 Å². The number of fused-ring (bicyclic) bond motifs is 1. The Labute approximate surface area is 110 Å². The van der Waals surface area contributed by atoms with Crippen LogP contribution in [0.25, 0.3) is 0 Å². The van der Waals surface area contributed by atoms with E-state index in [9.17, 15) is 9.90 Å². The van der Waals surface area contributed by atoms with E-state index in [1.165, 1.54) is 0 Å². The Kier molecular flexibility index (Phi) is 2.86. The van der Waals surface area contributed by atoms with Gasteiger partial charge in [-0.05, 0) is 24.4 Å². The van der Waals surface area contributed by atoms with Gasteiger partial charge >= 0.3 is 5.97 Å². The minimum Gasteiger partial charge on any atom is -0.480 e. The topological polar surface area (TPSA) is 66.3 Å². The fourth-order valence-corrected chi connectivity index (χ4v) is 3.14. The molecule has 0 amide bonds. The van der Waals surface area contributed by atoms with Gasteiger partial charge in [-0.15, -0.1) is 0 Å². The molecular weight excluding hydrogens is 254 g/mol. The van der Waals surface area contributed by atoms with E-state index in [1.54, 1.807) is 6.20 Å². The highest BCUT2D eigenvalue weighted by atomic mass is 35.5. The van der Waals surface area contributed by atoms with E-state index < -0.39 is 12.0 Å². The standard InChI is InChI=1S/C12H14ClN3O2/c13-12-14-6-7-5-9(11(17)18)16(10(7)15-12)8-3-1-2-4-8/h6,8-9H,1-5H2,(H,17,18). The third kappa shape index (κ3) is 1.82. The second-order valence-electron chi connectivity index (χ2n) is 4.89. The van der Waals surface area contributed by atoms with E-state index in [0.717, 1.165) is 31.2 Å². The lowest BCUT2D eigenvalue weighted by Gasteiger charge is -2.30. The van der Waals surface area contributed by atoms with Crippen LogP contribution < -0.4 is 4.90 Å². The van der Waals surface area contributed by atoms with Crippen molar-refractivity contribution in [2.45, 2.75) is 44.2 Å². The average molecular weight is 268 g/mol. The summed E-state index contributed by atoms with van der Waals surface area (Å²) in [5.41, 5.74) is 0.888. The molecule has 1 fully saturated rings. The van der Waals surface area contributed by atoms with Gasteiger partial charge in [-0.1, -0.05) is 12.8 Å². The van der Waals surface area contributed by atoms with Crippen LogP contribution >= 0.6 is 11.6 Å². The molecule has 0 saturated heterocycles. The number of nitrogens with zero attached hydrogens (tertiary/aromatic N) is 3. The summed E-state index contributed by atoms with van der Waals surface area (Å²) < 4.78 is 0. The molecule has 5 nitrogen and oxygen atoms in total. The van der Waals surface area contributed by atoms with Gasteiger partial charge in [-0.2, -0.15) is 0 Å². The monoisotopic (exact) mass is 267 g/mol. The van der Waals surface area contributed by atoms with Crippen LogP contribution in [0.15, 0.2) is 6.20 Å². The van der Waals surface area contributed by atoms with E-state index in [4.69, 9.17) is 11.6 Å². The fourth-order valence-electron chi connectivity index (χ4n) is 3.01. The number of aliphatic carboxylic acids is 1. The highest BCUT2D eigenvalue weighted by Crippen LogP contribution is 2.37. The number of aromatic nitrogens is 2. The van der Waals surface area contributed by atoms with Gasteiger partial charge in [0.25, 0.3) is 0 Å². The molecule has 0 bridgehead atoms. The summed E-state index contributed by atoms with van der Waals surface area (Å²) in [6, 6.07) is -0.241. The molecule has 1 aliphatic carbocycles. The minimum atomic E-state index is -0.795. The number of hydrogen-bond donors (Lipinski definition) is 1. The van der Waals surface area contributed by atoms with Gasteiger partial charge in [0.15, 0.2) is 0 Å². The Hall–Kier alpha value is -1.36. The summed E-state index contributed by atoms with van der Waals surface area (Å²) in [6.07, 6.45) is 6.49. The van der Waals surface area contributed by atoms with E-state index in [1.807, 2.05) is 4.90 Å². The zero-order valence-electron chi connectivity index (χ0n) is 9.84. The molecular formula is C12H14ClN3O2. The van der Waals surface area contributed by atoms with E-state index >= 15 is 0 Å². The molecule has 2 aliphatic rings. The largest absolute Gasteiger partial charge is 0.480 e. The first kappa shape index (κ1) is 11.7. The molecule has 1 saturated carbocycles. The maximum absolute atomic E-state index is 11.4. The number of carbonyl (C=O) groups is 1. The average Bonchev–Trinajstić information content (AvgIpc) is 2.93. The zero-order valence-corrected chi connectivity index (χ0v) is 10.6. The van der Waals surface area contributed by atoms with E-state index in [-0.39, 0.29) is 11.3 Å². The van der Waals surface area contributed by atoms with Crippen molar-refractivity contribution in [1.29, 1.82) is 0 Å². The Morgan fingerprint density at radius 2 is 2.17 bits per heavy atom. The second kappa shape index (κ2) is 4.39. The third-order valence-electron chi connectivity index (χ3n) is 3.81. The molecule has 1 atom stereocenters. The van der Waals surface area contributed by atoms with Gasteiger partial charge in [0.2, 0.25) is 5.28 Å². The quantitative estimate of drug-likeness (QED) is 0.829. The van der Waals surface area contributed by atoms with Crippen LogP contribution in [0.3, 0.4) is 0 Å². The lowest BCUT2D eigenvalue weighted by molar-refractivity contribution is -0.138. The van der Waals surface area contributed by atoms with Gasteiger partial charge in [0.05, 0.1) is 0 Å². The molecule has 0 radical (unpaired) electrons. The summed E-state index contributed by atoms with van der Waals surface area (Å²) in [5, 5.41) is 9.55. The van der Waals surface area contributed by atoms with Crippen LogP contribution in [0, 0.1) is 0 Å². The maximum atomic E-state index is 11.4. The lowest BCUT2D eigenvalue weighted by Crippen LogP contribution is -2.44. The van der Waals surface area contributed by atoms with Crippen LogP contribution in [-0.2, 0) is 11.2 Å². The first-order chi connectivity index (χ1) is 8.66. The highest BCUT2D eigenvalue weighted by molar-refractivity contribution is 6.28. The lowest BCUT2D eigenvalue weighted by atomic mass is 10.1. The van der Waals surface area contributed by atoms with Crippen LogP contribution in [0.1, 0.15) is 31.2 Å². The van der Waals surface area contributed by atoms with Crippen LogP contribution in [0.2, 0.25) is 5.28 Å². The summed E-state index contributed by atoms with van der Waals surface area (Å²) in [4.78, 5) is 21.5. The zero-order chi connectivity index (χ0) is 12.7. The highest BCUT2D eigenvalue weighted by Gasteiger charge is 2.40. The van der Waals surface area contributed by atoms with Crippen molar-refractivity contribution in [2.75, 3.05) is 4.90 Å². The summed E-state index contributed by atoms with van der Waals surface area (Å²) in [6.45, 7) is 0. The predicted molar refractivity (Wildman–Crippen MR) is 66.9 cm³/mol. The SMILES string of the molecule is O=C(O)C1Cc2cnc(Cl)nc2N1C1CCCC1. The predicted octanol–water partition coefficient (Wildman–Crippen LogP) is 1.89. The summed E-state index contributed by atoms with van der Waals surface area (Å²) >= 11 is 5.83. The molecule has 0 aromatic carbocycles. The molecule has 1 aromatic heterocycles. The van der Waals surface area contributed by atoms with Gasteiger partial charge in [0, 0.05) is 24.2 Å². The van der Waals surface area contributed by atoms with Crippen molar-refractivity contribution < 1.29 is 9.90 Å². The van der Waals surface area contributed by atoms with Gasteiger partial charge in [-0.25, -0.2) is 14.8 Å². The molecule has 1 unspecified atom stereocenters. The summed E-state index contributed by atoms with van der Waals surface area (Å²) in [7, 11) is 0. The Balaban J connectivity index is 2.01. The van der Waals surface area contributed by atoms with Gasteiger partial charge in [-0.3, -0.25) is 0 Å². The third-order valence-corrected chi connectivity index (χ3v) is 3.99. The molecule has 1 aromatic rings. The van der Waals surface area contributed by atoms with Crippen molar-refractivity contribution in [3.8, 4) is 0 Å². The first-order valence-corrected chi connectivity index (χ1v) is 6.57. The minimum absolute atomic E-state index is 0.183. The van der Waals surface area contributed by atoms with Crippen LogP contribution in [-0.4, -0.2) is 33.1 Å². The van der Waals surface area contributed by atoms with E-state index in [0.29, 0.717) is 12.2 Å². The number of anilines is 1. The van der Waals surface area contributed by atoms with E-state index in [2.05, 4.69) is 9.97 Å². The van der Waals surface area contributed by atoms with Crippen LogP contribution in [0.4, 0.5) is 5.82 Å². The Morgan fingerprint density at radius 1 is 1.44 bits per heavy atom. The molecule has 1 N–H and O–H groups in total. The number of hydrogen-bond acceptors (Lipinski definition) is 4. The van der Waals surface area contributed by atoms with Crippen molar-refractivity contribution in [3.63, 3.8) is 0 Å². The maximum Gasteiger partial charge on any atom is 0.326 e. The number of halogens is 1. The Bertz CT molecular complexity index is 488. The molecule has 2 heterocycles. The van der Waals surface area contributed by atoms with Crippen molar-refractivity contribution in [1.82, 2.24) is 9.97 Å². The first-order valence-electron chi connectivity index (χ1n) is 6.19. The smallest absolute Gasteiger partial charge is 0.326 e. The summed E-state index contributed by atoms with van der Waals surface area (Å²) in [5.74, 6) is -0.0784. The molecule has 6 heteroatoms. The number of rotatable bonds is 2. The molecule has 3 rings (SSSR count).